The Morgan fingerprint density at radius 2 is 1.26 bits per heavy atom. The van der Waals surface area contributed by atoms with E-state index in [4.69, 9.17) is 9.47 Å². The van der Waals surface area contributed by atoms with Crippen molar-refractivity contribution in [1.29, 1.82) is 0 Å². The summed E-state index contributed by atoms with van der Waals surface area (Å²) in [4.78, 5) is 23.1. The van der Waals surface area contributed by atoms with Gasteiger partial charge in [0.25, 0.3) is 0 Å². The van der Waals surface area contributed by atoms with Crippen molar-refractivity contribution in [2.75, 3.05) is 0 Å². The molecular formula is C29H24O5. The molecule has 5 nitrogen and oxygen atoms in total. The third-order valence-electron chi connectivity index (χ3n) is 4.51. The molecule has 0 bridgehead atoms. The zero-order chi connectivity index (χ0) is 24.0. The monoisotopic (exact) mass is 452 g/mol. The van der Waals surface area contributed by atoms with Gasteiger partial charge in [0.2, 0.25) is 0 Å². The number of carbonyl (C=O) groups excluding carboxylic acids is 2. The maximum Gasteiger partial charge on any atom is 0.347 e. The van der Waals surface area contributed by atoms with Crippen LogP contribution in [0.2, 0.25) is 0 Å². The summed E-state index contributed by atoms with van der Waals surface area (Å²) in [5, 5.41) is 9.46. The Labute approximate surface area is 198 Å². The van der Waals surface area contributed by atoms with Crippen LogP contribution in [0.5, 0.6) is 11.5 Å². The van der Waals surface area contributed by atoms with Crippen LogP contribution in [0.3, 0.4) is 0 Å². The fraction of sp³-hybridized carbons (Fsp3) is 0.0345. The average Bonchev–Trinajstić information content (AvgIpc) is 2.89. The predicted molar refractivity (Wildman–Crippen MR) is 131 cm³/mol. The van der Waals surface area contributed by atoms with E-state index in [-0.39, 0.29) is 17.3 Å². The van der Waals surface area contributed by atoms with Gasteiger partial charge in [0.15, 0.2) is 0 Å². The van der Waals surface area contributed by atoms with E-state index in [1.54, 1.807) is 42.5 Å². The Morgan fingerprint density at radius 3 is 1.91 bits per heavy atom. The van der Waals surface area contributed by atoms with Gasteiger partial charge in [-0.2, -0.15) is 0 Å². The van der Waals surface area contributed by atoms with Gasteiger partial charge < -0.3 is 14.6 Å². The number of carbonyl (C=O) groups is 2. The Kier molecular flexibility index (Phi) is 9.20. The van der Waals surface area contributed by atoms with Crippen LogP contribution < -0.4 is 4.74 Å². The normalized spacial score (nSPS) is 10.1. The number of hydrogen-bond donors (Lipinski definition) is 1. The molecule has 0 saturated carbocycles. The number of aromatic hydroxyl groups is 1. The molecule has 0 fully saturated rings. The summed E-state index contributed by atoms with van der Waals surface area (Å²) in [5.41, 5.74) is 2.12. The molecule has 0 radical (unpaired) electrons. The summed E-state index contributed by atoms with van der Waals surface area (Å²) in [7, 11) is 0. The topological polar surface area (TPSA) is 72.8 Å². The largest absolute Gasteiger partial charge is 0.507 e. The molecule has 5 heteroatoms. The highest BCUT2D eigenvalue weighted by atomic mass is 16.5. The Balaban J connectivity index is 0.000000192. The lowest BCUT2D eigenvalue weighted by Crippen LogP contribution is -2.08. The van der Waals surface area contributed by atoms with E-state index in [0.29, 0.717) is 12.4 Å². The predicted octanol–water partition coefficient (Wildman–Crippen LogP) is 6.05. The van der Waals surface area contributed by atoms with E-state index in [1.807, 2.05) is 66.7 Å². The van der Waals surface area contributed by atoms with Crippen LogP contribution in [0, 0.1) is 0 Å². The average molecular weight is 453 g/mol. The fourth-order valence-corrected chi connectivity index (χ4v) is 2.80. The number of hydrogen-bond acceptors (Lipinski definition) is 5. The molecule has 170 valence electrons. The van der Waals surface area contributed by atoms with Crippen LogP contribution in [0.1, 0.15) is 21.5 Å². The van der Waals surface area contributed by atoms with Gasteiger partial charge in [0, 0.05) is 6.08 Å². The number of para-hydroxylation sites is 2. The zero-order valence-electron chi connectivity index (χ0n) is 18.4. The van der Waals surface area contributed by atoms with E-state index in [0.717, 1.165) is 11.1 Å². The third kappa shape index (κ3) is 8.13. The van der Waals surface area contributed by atoms with Gasteiger partial charge in [-0.25, -0.2) is 9.59 Å². The van der Waals surface area contributed by atoms with E-state index in [1.165, 1.54) is 18.2 Å². The number of benzene rings is 4. The highest BCUT2D eigenvalue weighted by Gasteiger charge is 2.12. The van der Waals surface area contributed by atoms with Crippen LogP contribution in [0.25, 0.3) is 6.08 Å². The summed E-state index contributed by atoms with van der Waals surface area (Å²) >= 11 is 0. The maximum absolute atomic E-state index is 11.7. The SMILES string of the molecule is O=C(/C=C/c1ccccc1)OCc1ccccc1.O=C(Oc1ccccc1)c1ccccc1O. The summed E-state index contributed by atoms with van der Waals surface area (Å²) in [5.74, 6) is -0.522. The lowest BCUT2D eigenvalue weighted by Gasteiger charge is -2.04. The van der Waals surface area contributed by atoms with E-state index < -0.39 is 5.97 Å². The molecule has 0 aromatic heterocycles. The molecule has 0 saturated heterocycles. The van der Waals surface area contributed by atoms with Gasteiger partial charge in [-0.15, -0.1) is 0 Å². The summed E-state index contributed by atoms with van der Waals surface area (Å²) < 4.78 is 10.2. The lowest BCUT2D eigenvalue weighted by atomic mass is 10.2. The Morgan fingerprint density at radius 1 is 0.706 bits per heavy atom. The highest BCUT2D eigenvalue weighted by molar-refractivity contribution is 5.93. The minimum absolute atomic E-state index is 0.0802. The molecule has 1 N–H and O–H groups in total. The van der Waals surface area contributed by atoms with Crippen molar-refractivity contribution >= 4 is 18.0 Å². The molecule has 4 rings (SSSR count). The number of phenols is 1. The standard InChI is InChI=1S/C16H14O2.C13H10O3/c17-16(12-11-14-7-3-1-4-8-14)18-13-15-9-5-2-6-10-15;14-12-9-5-4-8-11(12)13(15)16-10-6-2-1-3-7-10/h1-12H,13H2;1-9,14H/b12-11+;. The quantitative estimate of drug-likeness (QED) is 0.219. The first-order chi connectivity index (χ1) is 16.6. The molecule has 0 aliphatic rings. The molecule has 0 aliphatic heterocycles. The van der Waals surface area contributed by atoms with Crippen molar-refractivity contribution in [1.82, 2.24) is 0 Å². The van der Waals surface area contributed by atoms with Gasteiger partial charge in [0.05, 0.1) is 0 Å². The second-order valence-corrected chi connectivity index (χ2v) is 7.06. The second kappa shape index (κ2) is 13.0. The summed E-state index contributed by atoms with van der Waals surface area (Å²) in [6.07, 6.45) is 3.19. The van der Waals surface area contributed by atoms with Crippen LogP contribution in [0.4, 0.5) is 0 Å². The fourth-order valence-electron chi connectivity index (χ4n) is 2.80. The van der Waals surface area contributed by atoms with Crippen LogP contribution in [-0.4, -0.2) is 17.0 Å². The van der Waals surface area contributed by atoms with Crippen molar-refractivity contribution in [3.05, 3.63) is 138 Å². The molecule has 0 spiro atoms. The number of esters is 2. The minimum atomic E-state index is -0.565. The van der Waals surface area contributed by atoms with Crippen molar-refractivity contribution in [2.45, 2.75) is 6.61 Å². The summed E-state index contributed by atoms with van der Waals surface area (Å²) in [6.45, 7) is 0.304. The van der Waals surface area contributed by atoms with Crippen molar-refractivity contribution < 1.29 is 24.2 Å². The van der Waals surface area contributed by atoms with Gasteiger partial charge in [0.1, 0.15) is 23.7 Å². The summed E-state index contributed by atoms with van der Waals surface area (Å²) in [6, 6.07) is 34.3. The zero-order valence-corrected chi connectivity index (χ0v) is 18.4. The first-order valence-corrected chi connectivity index (χ1v) is 10.6. The number of phenolic OH excluding ortho intramolecular Hbond substituents is 1. The molecule has 4 aromatic rings. The van der Waals surface area contributed by atoms with E-state index in [9.17, 15) is 14.7 Å². The molecule has 0 unspecified atom stereocenters. The van der Waals surface area contributed by atoms with Crippen molar-refractivity contribution in [2.24, 2.45) is 0 Å². The molecule has 0 amide bonds. The van der Waals surface area contributed by atoms with Gasteiger partial charge >= 0.3 is 11.9 Å². The Bertz CT molecular complexity index is 1200. The maximum atomic E-state index is 11.7. The van der Waals surface area contributed by atoms with E-state index in [2.05, 4.69) is 0 Å². The molecule has 0 heterocycles. The molecule has 34 heavy (non-hydrogen) atoms. The van der Waals surface area contributed by atoms with Gasteiger partial charge in [-0.1, -0.05) is 91.0 Å². The van der Waals surface area contributed by atoms with Crippen LogP contribution in [0.15, 0.2) is 121 Å². The Hall–Kier alpha value is -4.64. The third-order valence-corrected chi connectivity index (χ3v) is 4.51. The van der Waals surface area contributed by atoms with Crippen molar-refractivity contribution in [3.63, 3.8) is 0 Å². The first kappa shape index (κ1) is 24.0. The minimum Gasteiger partial charge on any atom is -0.507 e. The smallest absolute Gasteiger partial charge is 0.347 e. The number of rotatable bonds is 6. The molecule has 0 atom stereocenters. The highest BCUT2D eigenvalue weighted by Crippen LogP contribution is 2.18. The van der Waals surface area contributed by atoms with Gasteiger partial charge in [-0.05, 0) is 41.5 Å². The first-order valence-electron chi connectivity index (χ1n) is 10.6. The lowest BCUT2D eigenvalue weighted by molar-refractivity contribution is -0.138. The van der Waals surface area contributed by atoms with Gasteiger partial charge in [-0.3, -0.25) is 0 Å². The second-order valence-electron chi connectivity index (χ2n) is 7.06. The number of ether oxygens (including phenoxy) is 2. The molecule has 0 aliphatic carbocycles. The van der Waals surface area contributed by atoms with Crippen molar-refractivity contribution in [3.8, 4) is 11.5 Å². The van der Waals surface area contributed by atoms with Crippen LogP contribution >= 0.6 is 0 Å². The van der Waals surface area contributed by atoms with E-state index >= 15 is 0 Å². The molecular weight excluding hydrogens is 428 g/mol. The van der Waals surface area contributed by atoms with Crippen LogP contribution in [-0.2, 0) is 16.1 Å². The molecule has 4 aromatic carbocycles.